The first-order valence-corrected chi connectivity index (χ1v) is 7.39. The second-order valence-corrected chi connectivity index (χ2v) is 5.32. The first-order chi connectivity index (χ1) is 10.3. The molecule has 0 rings (SSSR count). The lowest BCUT2D eigenvalue weighted by molar-refractivity contribution is -0.130. The fourth-order valence-electron chi connectivity index (χ4n) is 1.98. The Balaban J connectivity index is 4.62. The van der Waals surface area contributed by atoms with Crippen molar-refractivity contribution in [3.8, 4) is 0 Å². The molecule has 0 aliphatic heterocycles. The van der Waals surface area contributed by atoms with Crippen LogP contribution in [0.2, 0.25) is 0 Å². The lowest BCUT2D eigenvalue weighted by Gasteiger charge is -2.23. The van der Waals surface area contributed by atoms with Crippen molar-refractivity contribution in [3.63, 3.8) is 0 Å². The Morgan fingerprint density at radius 1 is 1.23 bits per heavy atom. The molecule has 8 nitrogen and oxygen atoms in total. The number of hydrogen-bond donors (Lipinski definition) is 4. The van der Waals surface area contributed by atoms with Gasteiger partial charge in [0, 0.05) is 13.0 Å². The van der Waals surface area contributed by atoms with Crippen LogP contribution in [0.3, 0.4) is 0 Å². The first-order valence-electron chi connectivity index (χ1n) is 7.39. The quantitative estimate of drug-likeness (QED) is 0.307. The SMILES string of the molecule is CCC(=O)[C@H](CCCNC(N)=O)NC(=O)[C@@H](NC=O)C(C)C. The predicted molar refractivity (Wildman–Crippen MR) is 81.9 cm³/mol. The summed E-state index contributed by atoms with van der Waals surface area (Å²) in [7, 11) is 0. The maximum Gasteiger partial charge on any atom is 0.312 e. The van der Waals surface area contributed by atoms with Gasteiger partial charge in [-0.25, -0.2) is 4.79 Å². The minimum atomic E-state index is -0.687. The zero-order chi connectivity index (χ0) is 17.1. The van der Waals surface area contributed by atoms with Gasteiger partial charge < -0.3 is 21.7 Å². The number of urea groups is 1. The van der Waals surface area contributed by atoms with E-state index < -0.39 is 24.0 Å². The van der Waals surface area contributed by atoms with E-state index in [1.165, 1.54) is 0 Å². The fraction of sp³-hybridized carbons (Fsp3) is 0.714. The topological polar surface area (TPSA) is 130 Å². The molecule has 0 aromatic carbocycles. The number of ketones is 1. The Morgan fingerprint density at radius 2 is 1.86 bits per heavy atom. The monoisotopic (exact) mass is 314 g/mol. The van der Waals surface area contributed by atoms with Gasteiger partial charge in [-0.2, -0.15) is 0 Å². The molecule has 0 heterocycles. The van der Waals surface area contributed by atoms with E-state index in [1.807, 2.05) is 0 Å². The van der Waals surface area contributed by atoms with E-state index in [0.29, 0.717) is 32.2 Å². The number of amides is 4. The summed E-state index contributed by atoms with van der Waals surface area (Å²) in [5.74, 6) is -0.586. The van der Waals surface area contributed by atoms with Gasteiger partial charge in [0.1, 0.15) is 6.04 Å². The van der Waals surface area contributed by atoms with Crippen molar-refractivity contribution in [1.29, 1.82) is 0 Å². The number of nitrogens with two attached hydrogens (primary N) is 1. The van der Waals surface area contributed by atoms with Gasteiger partial charge in [-0.15, -0.1) is 0 Å². The van der Waals surface area contributed by atoms with Crippen molar-refractivity contribution >= 4 is 24.1 Å². The third kappa shape index (κ3) is 7.61. The molecule has 0 bridgehead atoms. The standard InChI is InChI=1S/C14H26N4O4/c1-4-11(20)10(6-5-7-16-14(15)22)18-13(21)12(9(2)3)17-8-19/h8-10,12H,4-7H2,1-3H3,(H,17,19)(H,18,21)(H3,15,16,22)/t10-,12-/m0/s1. The van der Waals surface area contributed by atoms with Crippen molar-refractivity contribution in [2.45, 2.75) is 52.1 Å². The average molecular weight is 314 g/mol. The highest BCUT2D eigenvalue weighted by Gasteiger charge is 2.26. The minimum Gasteiger partial charge on any atom is -0.352 e. The van der Waals surface area contributed by atoms with Crippen LogP contribution in [-0.4, -0.2) is 42.8 Å². The molecule has 2 atom stereocenters. The summed E-state index contributed by atoms with van der Waals surface area (Å²) in [6, 6.07) is -1.95. The molecule has 0 fully saturated rings. The van der Waals surface area contributed by atoms with Crippen LogP contribution in [0.15, 0.2) is 0 Å². The van der Waals surface area contributed by atoms with Crippen molar-refractivity contribution in [2.75, 3.05) is 6.54 Å². The van der Waals surface area contributed by atoms with Crippen molar-refractivity contribution in [1.82, 2.24) is 16.0 Å². The van der Waals surface area contributed by atoms with Crippen LogP contribution < -0.4 is 21.7 Å². The molecule has 0 radical (unpaired) electrons. The third-order valence-electron chi connectivity index (χ3n) is 3.22. The van der Waals surface area contributed by atoms with Gasteiger partial charge in [-0.05, 0) is 18.8 Å². The second kappa shape index (κ2) is 10.6. The summed E-state index contributed by atoms with van der Waals surface area (Å²) in [5, 5.41) is 7.55. The Bertz CT molecular complexity index is 398. The molecule has 0 spiro atoms. The minimum absolute atomic E-state index is 0.0963. The summed E-state index contributed by atoms with van der Waals surface area (Å²) in [6.07, 6.45) is 1.66. The van der Waals surface area contributed by atoms with E-state index in [4.69, 9.17) is 5.73 Å². The molecule has 0 aromatic rings. The lowest BCUT2D eigenvalue weighted by atomic mass is 10.0. The summed E-state index contributed by atoms with van der Waals surface area (Å²) < 4.78 is 0. The van der Waals surface area contributed by atoms with Gasteiger partial charge in [0.25, 0.3) is 0 Å². The normalized spacial score (nSPS) is 13.1. The smallest absolute Gasteiger partial charge is 0.312 e. The number of nitrogens with one attached hydrogen (secondary N) is 3. The molecule has 0 aliphatic carbocycles. The fourth-order valence-corrected chi connectivity index (χ4v) is 1.98. The molecule has 22 heavy (non-hydrogen) atoms. The van der Waals surface area contributed by atoms with Crippen LogP contribution in [0, 0.1) is 5.92 Å². The number of rotatable bonds is 11. The van der Waals surface area contributed by atoms with Crippen molar-refractivity contribution in [3.05, 3.63) is 0 Å². The van der Waals surface area contributed by atoms with Crippen LogP contribution in [0.5, 0.6) is 0 Å². The maximum atomic E-state index is 12.2. The van der Waals surface area contributed by atoms with Gasteiger partial charge in [-0.1, -0.05) is 20.8 Å². The van der Waals surface area contributed by atoms with E-state index >= 15 is 0 Å². The zero-order valence-electron chi connectivity index (χ0n) is 13.3. The van der Waals surface area contributed by atoms with Gasteiger partial charge in [0.15, 0.2) is 5.78 Å². The molecule has 5 N–H and O–H groups in total. The van der Waals surface area contributed by atoms with E-state index in [9.17, 15) is 19.2 Å². The molecule has 8 heteroatoms. The van der Waals surface area contributed by atoms with E-state index in [2.05, 4.69) is 16.0 Å². The number of hydrogen-bond acceptors (Lipinski definition) is 4. The summed E-state index contributed by atoms with van der Waals surface area (Å²) in [4.78, 5) is 45.2. The molecular formula is C14H26N4O4. The van der Waals surface area contributed by atoms with E-state index in [-0.39, 0.29) is 11.7 Å². The van der Waals surface area contributed by atoms with Crippen LogP contribution in [-0.2, 0) is 14.4 Å². The Morgan fingerprint density at radius 3 is 2.32 bits per heavy atom. The molecule has 0 aromatic heterocycles. The van der Waals surface area contributed by atoms with E-state index in [0.717, 1.165) is 0 Å². The third-order valence-corrected chi connectivity index (χ3v) is 3.22. The maximum absolute atomic E-state index is 12.2. The Kier molecular flexibility index (Phi) is 9.56. The van der Waals surface area contributed by atoms with Crippen LogP contribution in [0.1, 0.15) is 40.0 Å². The van der Waals surface area contributed by atoms with Crippen LogP contribution >= 0.6 is 0 Å². The Labute approximate surface area is 130 Å². The molecule has 0 saturated carbocycles. The number of primary amides is 1. The first kappa shape index (κ1) is 19.9. The largest absolute Gasteiger partial charge is 0.352 e. The van der Waals surface area contributed by atoms with Gasteiger partial charge in [0.2, 0.25) is 12.3 Å². The van der Waals surface area contributed by atoms with E-state index in [1.54, 1.807) is 20.8 Å². The number of carbonyl (C=O) groups excluding carboxylic acids is 4. The van der Waals surface area contributed by atoms with Crippen molar-refractivity contribution in [2.24, 2.45) is 11.7 Å². The zero-order valence-corrected chi connectivity index (χ0v) is 13.3. The highest BCUT2D eigenvalue weighted by atomic mass is 16.2. The molecule has 0 unspecified atom stereocenters. The highest BCUT2D eigenvalue weighted by Crippen LogP contribution is 2.05. The van der Waals surface area contributed by atoms with Gasteiger partial charge in [0.05, 0.1) is 6.04 Å². The molecular weight excluding hydrogens is 288 g/mol. The summed E-state index contributed by atoms with van der Waals surface area (Å²) >= 11 is 0. The Hall–Kier alpha value is -2.12. The lowest BCUT2D eigenvalue weighted by Crippen LogP contribution is -2.52. The average Bonchev–Trinajstić information content (AvgIpc) is 2.46. The molecule has 126 valence electrons. The number of carbonyl (C=O) groups is 4. The summed E-state index contributed by atoms with van der Waals surface area (Å²) in [5.41, 5.74) is 4.95. The van der Waals surface area contributed by atoms with Gasteiger partial charge >= 0.3 is 6.03 Å². The predicted octanol–water partition coefficient (Wildman–Crippen LogP) is -0.331. The summed E-state index contributed by atoms with van der Waals surface area (Å²) in [6.45, 7) is 5.65. The second-order valence-electron chi connectivity index (χ2n) is 5.32. The molecule has 0 aliphatic rings. The molecule has 0 saturated heterocycles. The number of Topliss-reactive ketones (excluding diaryl/α,β-unsaturated/α-hetero) is 1. The van der Waals surface area contributed by atoms with Crippen LogP contribution in [0.4, 0.5) is 4.79 Å². The molecule has 4 amide bonds. The highest BCUT2D eigenvalue weighted by molar-refractivity contribution is 5.91. The van der Waals surface area contributed by atoms with Gasteiger partial charge in [-0.3, -0.25) is 14.4 Å². The van der Waals surface area contributed by atoms with Crippen LogP contribution in [0.25, 0.3) is 0 Å². The van der Waals surface area contributed by atoms with Crippen molar-refractivity contribution < 1.29 is 19.2 Å².